The molecule has 0 spiro atoms. The van der Waals surface area contributed by atoms with Crippen LogP contribution in [0.5, 0.6) is 5.75 Å². The highest BCUT2D eigenvalue weighted by Crippen LogP contribution is 2.20. The molecule has 0 unspecified atom stereocenters. The molecule has 2 aromatic rings. The molecule has 1 heterocycles. The number of ether oxygens (including phenoxy) is 1. The number of carbonyl (C=O) groups is 1. The molecule has 0 atom stereocenters. The van der Waals surface area contributed by atoms with Gasteiger partial charge in [-0.1, -0.05) is 23.5 Å². The standard InChI is InChI=1S/C14H18N4O2S.ClH/c1-15-7-6-12(19)16-14-18-17-13(21-14)9-10-4-3-5-11(8-10)20-2;/h3-5,8,15H,6-7,9H2,1-2H3,(H,16,18,19);1H. The first-order valence-electron chi connectivity index (χ1n) is 6.61. The van der Waals surface area contributed by atoms with Crippen molar-refractivity contribution >= 4 is 34.8 Å². The van der Waals surface area contributed by atoms with Gasteiger partial charge in [-0.25, -0.2) is 0 Å². The van der Waals surface area contributed by atoms with Crippen LogP contribution >= 0.6 is 23.7 Å². The lowest BCUT2D eigenvalue weighted by molar-refractivity contribution is -0.116. The topological polar surface area (TPSA) is 76.1 Å². The molecule has 0 aliphatic heterocycles. The zero-order valence-electron chi connectivity index (χ0n) is 12.5. The Morgan fingerprint density at radius 1 is 1.36 bits per heavy atom. The smallest absolute Gasteiger partial charge is 0.227 e. The van der Waals surface area contributed by atoms with Crippen LogP contribution in [0.1, 0.15) is 17.0 Å². The number of hydrogen-bond acceptors (Lipinski definition) is 6. The Hall–Kier alpha value is -1.70. The zero-order chi connectivity index (χ0) is 15.1. The molecule has 2 rings (SSSR count). The van der Waals surface area contributed by atoms with Crippen molar-refractivity contribution in [2.45, 2.75) is 12.8 Å². The van der Waals surface area contributed by atoms with Crippen LogP contribution in [-0.2, 0) is 11.2 Å². The molecule has 1 aromatic carbocycles. The van der Waals surface area contributed by atoms with Gasteiger partial charge in [-0.05, 0) is 24.7 Å². The Morgan fingerprint density at radius 2 is 2.18 bits per heavy atom. The van der Waals surface area contributed by atoms with E-state index in [0.717, 1.165) is 16.3 Å². The van der Waals surface area contributed by atoms with Gasteiger partial charge in [0.05, 0.1) is 7.11 Å². The summed E-state index contributed by atoms with van der Waals surface area (Å²) in [6, 6.07) is 7.81. The molecule has 0 aliphatic rings. The van der Waals surface area contributed by atoms with E-state index in [0.29, 0.717) is 24.5 Å². The van der Waals surface area contributed by atoms with Gasteiger partial charge in [-0.2, -0.15) is 0 Å². The van der Waals surface area contributed by atoms with Crippen LogP contribution < -0.4 is 15.4 Å². The van der Waals surface area contributed by atoms with Gasteiger partial charge >= 0.3 is 0 Å². The molecule has 1 aromatic heterocycles. The fraction of sp³-hybridized carbons (Fsp3) is 0.357. The second-order valence-corrected chi connectivity index (χ2v) is 5.49. The second kappa shape index (κ2) is 9.34. The van der Waals surface area contributed by atoms with Crippen LogP contribution in [0.25, 0.3) is 0 Å². The molecule has 0 radical (unpaired) electrons. The Morgan fingerprint density at radius 3 is 2.91 bits per heavy atom. The molecule has 0 fully saturated rings. The average molecular weight is 343 g/mol. The largest absolute Gasteiger partial charge is 0.497 e. The van der Waals surface area contributed by atoms with Crippen molar-refractivity contribution in [1.29, 1.82) is 0 Å². The summed E-state index contributed by atoms with van der Waals surface area (Å²) in [4.78, 5) is 11.6. The lowest BCUT2D eigenvalue weighted by Crippen LogP contribution is -2.18. The predicted octanol–water partition coefficient (Wildman–Crippen LogP) is 2.11. The van der Waals surface area contributed by atoms with Crippen LogP contribution in [0.4, 0.5) is 5.13 Å². The third kappa shape index (κ3) is 5.59. The summed E-state index contributed by atoms with van der Waals surface area (Å²) >= 11 is 1.39. The molecule has 0 saturated heterocycles. The maximum absolute atomic E-state index is 11.6. The van der Waals surface area contributed by atoms with Crippen LogP contribution in [-0.4, -0.2) is 36.8 Å². The van der Waals surface area contributed by atoms with Gasteiger partial charge in [0, 0.05) is 19.4 Å². The number of nitrogens with zero attached hydrogens (tertiary/aromatic N) is 2. The fourth-order valence-corrected chi connectivity index (χ4v) is 2.54. The van der Waals surface area contributed by atoms with Crippen molar-refractivity contribution < 1.29 is 9.53 Å². The molecule has 22 heavy (non-hydrogen) atoms. The van der Waals surface area contributed by atoms with Gasteiger partial charge in [0.2, 0.25) is 11.0 Å². The van der Waals surface area contributed by atoms with E-state index < -0.39 is 0 Å². The Kier molecular flexibility index (Phi) is 7.79. The highest BCUT2D eigenvalue weighted by Gasteiger charge is 2.08. The van der Waals surface area contributed by atoms with Gasteiger partial charge < -0.3 is 15.4 Å². The van der Waals surface area contributed by atoms with Crippen molar-refractivity contribution in [3.8, 4) is 5.75 Å². The summed E-state index contributed by atoms with van der Waals surface area (Å²) in [5, 5.41) is 15.2. The van der Waals surface area contributed by atoms with Gasteiger partial charge in [0.1, 0.15) is 10.8 Å². The summed E-state index contributed by atoms with van der Waals surface area (Å²) in [6.45, 7) is 0.640. The minimum atomic E-state index is -0.0616. The SMILES string of the molecule is CNCCC(=O)Nc1nnc(Cc2cccc(OC)c2)s1.Cl. The normalized spacial score (nSPS) is 9.91. The van der Waals surface area contributed by atoms with E-state index >= 15 is 0 Å². The number of benzene rings is 1. The van der Waals surface area contributed by atoms with Crippen molar-refractivity contribution in [1.82, 2.24) is 15.5 Å². The quantitative estimate of drug-likeness (QED) is 0.806. The highest BCUT2D eigenvalue weighted by atomic mass is 35.5. The lowest BCUT2D eigenvalue weighted by atomic mass is 10.1. The van der Waals surface area contributed by atoms with Crippen molar-refractivity contribution in [2.75, 3.05) is 26.0 Å². The van der Waals surface area contributed by atoms with Gasteiger partial charge in [-0.15, -0.1) is 22.6 Å². The molecule has 120 valence electrons. The Bertz CT molecular complexity index is 606. The maximum Gasteiger partial charge on any atom is 0.227 e. The minimum Gasteiger partial charge on any atom is -0.497 e. The number of aromatic nitrogens is 2. The molecule has 1 amide bonds. The van der Waals surface area contributed by atoms with E-state index in [1.807, 2.05) is 31.3 Å². The van der Waals surface area contributed by atoms with E-state index in [4.69, 9.17) is 4.74 Å². The summed E-state index contributed by atoms with van der Waals surface area (Å²) < 4.78 is 5.19. The van der Waals surface area contributed by atoms with Crippen LogP contribution in [0, 0.1) is 0 Å². The van der Waals surface area contributed by atoms with Gasteiger partial charge in [0.15, 0.2) is 0 Å². The molecular formula is C14H19ClN4O2S. The van der Waals surface area contributed by atoms with Crippen molar-refractivity contribution in [2.24, 2.45) is 0 Å². The molecule has 8 heteroatoms. The van der Waals surface area contributed by atoms with E-state index in [9.17, 15) is 4.79 Å². The monoisotopic (exact) mass is 342 g/mol. The first kappa shape index (κ1) is 18.3. The number of nitrogens with one attached hydrogen (secondary N) is 2. The average Bonchev–Trinajstić information content (AvgIpc) is 2.92. The molecule has 0 bridgehead atoms. The van der Waals surface area contributed by atoms with E-state index in [2.05, 4.69) is 20.8 Å². The summed E-state index contributed by atoms with van der Waals surface area (Å²) in [6.07, 6.45) is 1.09. The van der Waals surface area contributed by atoms with Crippen LogP contribution in [0.15, 0.2) is 24.3 Å². The predicted molar refractivity (Wildman–Crippen MR) is 90.1 cm³/mol. The van der Waals surface area contributed by atoms with Crippen LogP contribution in [0.3, 0.4) is 0 Å². The third-order valence-corrected chi connectivity index (χ3v) is 3.64. The summed E-state index contributed by atoms with van der Waals surface area (Å²) in [5.41, 5.74) is 1.10. The number of hydrogen-bond donors (Lipinski definition) is 2. The lowest BCUT2D eigenvalue weighted by Gasteiger charge is -2.02. The third-order valence-electron chi connectivity index (χ3n) is 2.80. The first-order valence-corrected chi connectivity index (χ1v) is 7.42. The number of anilines is 1. The Labute approximate surface area is 139 Å². The number of methoxy groups -OCH3 is 1. The molecule has 0 aliphatic carbocycles. The first-order chi connectivity index (χ1) is 10.2. The van der Waals surface area contributed by atoms with E-state index in [1.165, 1.54) is 11.3 Å². The molecular weight excluding hydrogens is 324 g/mol. The molecule has 0 saturated carbocycles. The molecule has 2 N–H and O–H groups in total. The van der Waals surface area contributed by atoms with Gasteiger partial charge in [0.25, 0.3) is 0 Å². The van der Waals surface area contributed by atoms with E-state index in [1.54, 1.807) is 7.11 Å². The van der Waals surface area contributed by atoms with Crippen LogP contribution in [0.2, 0.25) is 0 Å². The van der Waals surface area contributed by atoms with Crippen molar-refractivity contribution in [3.05, 3.63) is 34.8 Å². The number of carbonyl (C=O) groups excluding carboxylic acids is 1. The summed E-state index contributed by atoms with van der Waals surface area (Å²) in [7, 11) is 3.45. The minimum absolute atomic E-state index is 0. The zero-order valence-corrected chi connectivity index (χ0v) is 14.1. The van der Waals surface area contributed by atoms with Crippen molar-refractivity contribution in [3.63, 3.8) is 0 Å². The highest BCUT2D eigenvalue weighted by molar-refractivity contribution is 7.15. The number of rotatable bonds is 7. The fourth-order valence-electron chi connectivity index (χ4n) is 1.75. The molecule has 6 nitrogen and oxygen atoms in total. The van der Waals surface area contributed by atoms with E-state index in [-0.39, 0.29) is 18.3 Å². The maximum atomic E-state index is 11.6. The summed E-state index contributed by atoms with van der Waals surface area (Å²) in [5.74, 6) is 0.756. The second-order valence-electron chi connectivity index (χ2n) is 4.43. The Balaban J connectivity index is 0.00000242. The number of amides is 1. The number of halogens is 1. The van der Waals surface area contributed by atoms with Gasteiger partial charge in [-0.3, -0.25) is 4.79 Å².